The average molecular weight is 457 g/mol. The fourth-order valence-electron chi connectivity index (χ4n) is 3.79. The minimum absolute atomic E-state index is 0.00463. The zero-order chi connectivity index (χ0) is 23.5. The highest BCUT2D eigenvalue weighted by molar-refractivity contribution is 5.89. The molecule has 0 aliphatic carbocycles. The molecule has 32 heavy (non-hydrogen) atoms. The number of aliphatic hydroxyl groups excluding tert-OH is 1. The van der Waals surface area contributed by atoms with Crippen LogP contribution in [0.4, 0.5) is 32.4 Å². The summed E-state index contributed by atoms with van der Waals surface area (Å²) in [6.07, 6.45) is -2.54. The first kappa shape index (κ1) is 23.9. The zero-order valence-electron chi connectivity index (χ0n) is 17.5. The molecular formula is C22H24F5N3O2. The predicted octanol–water partition coefficient (Wildman–Crippen LogP) is 4.97. The van der Waals surface area contributed by atoms with Gasteiger partial charge in [-0.3, -0.25) is 4.98 Å². The van der Waals surface area contributed by atoms with Crippen LogP contribution < -0.4 is 5.32 Å². The molecule has 174 valence electrons. The minimum atomic E-state index is -4.48. The number of hydrogen-bond acceptors (Lipinski definition) is 3. The maximum absolute atomic E-state index is 15.4. The molecule has 2 heterocycles. The van der Waals surface area contributed by atoms with Gasteiger partial charge in [-0.15, -0.1) is 0 Å². The number of piperidine rings is 1. The molecule has 10 heteroatoms. The quantitative estimate of drug-likeness (QED) is 0.624. The Morgan fingerprint density at radius 2 is 1.94 bits per heavy atom. The monoisotopic (exact) mass is 457 g/mol. The van der Waals surface area contributed by atoms with Crippen molar-refractivity contribution in [1.82, 2.24) is 9.88 Å². The van der Waals surface area contributed by atoms with Crippen LogP contribution in [-0.4, -0.2) is 40.7 Å². The van der Waals surface area contributed by atoms with Gasteiger partial charge in [-0.25, -0.2) is 13.6 Å². The SMILES string of the molecule is Cc1cc(NC(=O)N2CCC(F)(c3ncc(CCCO)cc3F)CC2)ccc1C(F)(F)F. The number of rotatable bonds is 5. The van der Waals surface area contributed by atoms with Gasteiger partial charge in [0.25, 0.3) is 0 Å². The van der Waals surface area contributed by atoms with Crippen LogP contribution in [0.3, 0.4) is 0 Å². The van der Waals surface area contributed by atoms with E-state index in [4.69, 9.17) is 5.11 Å². The van der Waals surface area contributed by atoms with Crippen LogP contribution in [0.5, 0.6) is 0 Å². The highest BCUT2D eigenvalue weighted by Crippen LogP contribution is 2.38. The number of urea groups is 1. The third-order valence-corrected chi connectivity index (χ3v) is 5.57. The number of anilines is 1. The zero-order valence-corrected chi connectivity index (χ0v) is 17.5. The van der Waals surface area contributed by atoms with E-state index in [1.165, 1.54) is 30.2 Å². The molecule has 0 atom stereocenters. The molecule has 1 fully saturated rings. The number of likely N-dealkylation sites (tertiary alicyclic amines) is 1. The molecule has 0 spiro atoms. The van der Waals surface area contributed by atoms with E-state index < -0.39 is 29.3 Å². The van der Waals surface area contributed by atoms with Gasteiger partial charge in [0.2, 0.25) is 0 Å². The molecule has 3 rings (SSSR count). The molecule has 1 aromatic heterocycles. The van der Waals surface area contributed by atoms with E-state index in [1.807, 2.05) is 0 Å². The smallest absolute Gasteiger partial charge is 0.396 e. The van der Waals surface area contributed by atoms with E-state index in [0.717, 1.165) is 12.1 Å². The number of amides is 2. The summed E-state index contributed by atoms with van der Waals surface area (Å²) in [6.45, 7) is 1.25. The number of pyridine rings is 1. The Hall–Kier alpha value is -2.75. The van der Waals surface area contributed by atoms with Crippen molar-refractivity contribution in [2.75, 3.05) is 25.0 Å². The summed E-state index contributed by atoms with van der Waals surface area (Å²) in [5.41, 5.74) is -2.38. The summed E-state index contributed by atoms with van der Waals surface area (Å²) in [4.78, 5) is 17.8. The number of nitrogens with zero attached hydrogens (tertiary/aromatic N) is 2. The Kier molecular flexibility index (Phi) is 7.02. The molecule has 2 aromatic rings. The standard InChI is InChI=1S/C22H24F5N3O2/c1-14-11-16(4-5-17(14)22(25,26)27)29-20(32)30-8-6-21(24,7-9-30)19-18(23)12-15(13-28-19)3-2-10-31/h4-5,11-13,31H,2-3,6-10H2,1H3,(H,29,32). The predicted molar refractivity (Wildman–Crippen MR) is 108 cm³/mol. The molecule has 0 unspecified atom stereocenters. The molecule has 0 radical (unpaired) electrons. The van der Waals surface area contributed by atoms with Gasteiger partial charge < -0.3 is 15.3 Å². The molecule has 5 nitrogen and oxygen atoms in total. The Labute approximate surface area is 182 Å². The molecule has 2 N–H and O–H groups in total. The molecule has 1 aliphatic heterocycles. The molecule has 0 saturated carbocycles. The Morgan fingerprint density at radius 3 is 2.50 bits per heavy atom. The average Bonchev–Trinajstić information content (AvgIpc) is 2.71. The van der Waals surface area contributed by atoms with Crippen molar-refractivity contribution in [2.24, 2.45) is 0 Å². The number of benzene rings is 1. The first-order valence-electron chi connectivity index (χ1n) is 10.2. The summed E-state index contributed by atoms with van der Waals surface area (Å²) in [5, 5.41) is 11.4. The molecule has 0 bridgehead atoms. The molecule has 1 aromatic carbocycles. The van der Waals surface area contributed by atoms with Crippen LogP contribution in [0, 0.1) is 12.7 Å². The van der Waals surface area contributed by atoms with E-state index in [-0.39, 0.29) is 49.5 Å². The normalized spacial score (nSPS) is 16.2. The first-order valence-corrected chi connectivity index (χ1v) is 10.2. The molecule has 1 aliphatic rings. The third kappa shape index (κ3) is 5.35. The van der Waals surface area contributed by atoms with Gasteiger partial charge in [-0.2, -0.15) is 13.2 Å². The second-order valence-corrected chi connectivity index (χ2v) is 7.91. The highest BCUT2D eigenvalue weighted by atomic mass is 19.4. The summed E-state index contributed by atoms with van der Waals surface area (Å²) in [6, 6.07) is 3.92. The number of halogens is 5. The van der Waals surface area contributed by atoms with Gasteiger partial charge in [0.05, 0.1) is 5.56 Å². The number of nitrogens with one attached hydrogen (secondary N) is 1. The number of aromatic nitrogens is 1. The van der Waals surface area contributed by atoms with Crippen LogP contribution in [0.1, 0.15) is 41.6 Å². The lowest BCUT2D eigenvalue weighted by Gasteiger charge is -2.36. The van der Waals surface area contributed by atoms with Gasteiger partial charge in [0.15, 0.2) is 5.67 Å². The van der Waals surface area contributed by atoms with Gasteiger partial charge >= 0.3 is 12.2 Å². The molecule has 1 saturated heterocycles. The maximum Gasteiger partial charge on any atom is 0.416 e. The Bertz CT molecular complexity index is 973. The lowest BCUT2D eigenvalue weighted by molar-refractivity contribution is -0.138. The number of carbonyl (C=O) groups is 1. The van der Waals surface area contributed by atoms with Crippen LogP contribution in [0.2, 0.25) is 0 Å². The summed E-state index contributed by atoms with van der Waals surface area (Å²) < 4.78 is 68.5. The van der Waals surface area contributed by atoms with Crippen molar-refractivity contribution >= 4 is 11.7 Å². The molecular weight excluding hydrogens is 433 g/mol. The second kappa shape index (κ2) is 9.40. The van der Waals surface area contributed by atoms with Crippen LogP contribution >= 0.6 is 0 Å². The van der Waals surface area contributed by atoms with Gasteiger partial charge in [0.1, 0.15) is 11.5 Å². The van der Waals surface area contributed by atoms with E-state index in [2.05, 4.69) is 10.3 Å². The Morgan fingerprint density at radius 1 is 1.25 bits per heavy atom. The lowest BCUT2D eigenvalue weighted by atomic mass is 9.89. The number of carbonyl (C=O) groups excluding carboxylic acids is 1. The van der Waals surface area contributed by atoms with Crippen LogP contribution in [0.15, 0.2) is 30.5 Å². The maximum atomic E-state index is 15.4. The summed E-state index contributed by atoms with van der Waals surface area (Å²) in [5.74, 6) is -0.763. The molecule has 2 amide bonds. The highest BCUT2D eigenvalue weighted by Gasteiger charge is 2.41. The fraction of sp³-hybridized carbons (Fsp3) is 0.455. The summed E-state index contributed by atoms with van der Waals surface area (Å²) >= 11 is 0. The van der Waals surface area contributed by atoms with E-state index >= 15 is 4.39 Å². The number of aryl methyl sites for hydroxylation is 2. The van der Waals surface area contributed by atoms with Crippen molar-refractivity contribution < 1.29 is 31.9 Å². The van der Waals surface area contributed by atoms with Crippen molar-refractivity contribution in [3.63, 3.8) is 0 Å². The van der Waals surface area contributed by atoms with Crippen molar-refractivity contribution in [1.29, 1.82) is 0 Å². The van der Waals surface area contributed by atoms with E-state index in [1.54, 1.807) is 0 Å². The van der Waals surface area contributed by atoms with Crippen molar-refractivity contribution in [3.8, 4) is 0 Å². The van der Waals surface area contributed by atoms with Crippen LogP contribution in [-0.2, 0) is 18.3 Å². The Balaban J connectivity index is 1.62. The van der Waals surface area contributed by atoms with Gasteiger partial charge in [-0.1, -0.05) is 0 Å². The summed E-state index contributed by atoms with van der Waals surface area (Å²) in [7, 11) is 0. The van der Waals surface area contributed by atoms with E-state index in [9.17, 15) is 22.4 Å². The lowest BCUT2D eigenvalue weighted by Crippen LogP contribution is -2.45. The fourth-order valence-corrected chi connectivity index (χ4v) is 3.79. The topological polar surface area (TPSA) is 65.5 Å². The second-order valence-electron chi connectivity index (χ2n) is 7.91. The van der Waals surface area contributed by atoms with E-state index in [0.29, 0.717) is 18.4 Å². The van der Waals surface area contributed by atoms with Crippen molar-refractivity contribution in [3.05, 3.63) is 58.7 Å². The number of aliphatic hydroxyl groups is 1. The van der Waals surface area contributed by atoms with Crippen molar-refractivity contribution in [2.45, 2.75) is 44.5 Å². The number of hydrogen-bond donors (Lipinski definition) is 2. The van der Waals surface area contributed by atoms with Gasteiger partial charge in [0, 0.05) is 44.4 Å². The first-order chi connectivity index (χ1) is 15.0. The minimum Gasteiger partial charge on any atom is -0.396 e. The van der Waals surface area contributed by atoms with Gasteiger partial charge in [-0.05, 0) is 55.2 Å². The largest absolute Gasteiger partial charge is 0.416 e. The number of alkyl halides is 4. The third-order valence-electron chi connectivity index (χ3n) is 5.57. The van der Waals surface area contributed by atoms with Crippen LogP contribution in [0.25, 0.3) is 0 Å².